The molecule has 3 nitrogen and oxygen atoms in total. The van der Waals surface area contributed by atoms with Crippen molar-refractivity contribution in [2.45, 2.75) is 0 Å². The fourth-order valence-electron chi connectivity index (χ4n) is 8.34. The molecule has 1 aromatic heterocycles. The number of benzene rings is 10. The molecule has 0 fully saturated rings. The van der Waals surface area contributed by atoms with Crippen LogP contribution in [0.1, 0.15) is 0 Å². The Morgan fingerprint density at radius 1 is 0.339 bits per heavy atom. The molecule has 1 heterocycles. The van der Waals surface area contributed by atoms with Gasteiger partial charge in [-0.3, -0.25) is 0 Å². The Hall–Kier alpha value is -7.49. The highest BCUT2D eigenvalue weighted by molar-refractivity contribution is 6.17. The third-order valence-electron chi connectivity index (χ3n) is 11.1. The largest absolute Gasteiger partial charge is 0.436 e. The molecule has 0 aliphatic heterocycles. The molecule has 262 valence electrons. The lowest BCUT2D eigenvalue weighted by Gasteiger charge is -2.27. The van der Waals surface area contributed by atoms with Crippen molar-refractivity contribution >= 4 is 71.3 Å². The Morgan fingerprint density at radius 2 is 0.964 bits per heavy atom. The van der Waals surface area contributed by atoms with Crippen LogP contribution in [0.25, 0.3) is 87.9 Å². The van der Waals surface area contributed by atoms with Crippen molar-refractivity contribution in [3.8, 4) is 33.7 Å². The minimum atomic E-state index is 0.631. The van der Waals surface area contributed by atoms with E-state index < -0.39 is 0 Å². The van der Waals surface area contributed by atoms with Crippen molar-refractivity contribution in [1.29, 1.82) is 0 Å². The van der Waals surface area contributed by atoms with Crippen LogP contribution in [0, 0.1) is 0 Å². The topological polar surface area (TPSA) is 29.3 Å². The van der Waals surface area contributed by atoms with E-state index in [4.69, 9.17) is 9.40 Å². The summed E-state index contributed by atoms with van der Waals surface area (Å²) >= 11 is 0. The quantitative estimate of drug-likeness (QED) is 0.161. The Bertz CT molecular complexity index is 3240. The molecule has 0 spiro atoms. The third-order valence-corrected chi connectivity index (χ3v) is 11.1. The number of fused-ring (bicyclic) bond motifs is 8. The number of nitrogens with zero attached hydrogens (tertiary/aromatic N) is 2. The van der Waals surface area contributed by atoms with Crippen molar-refractivity contribution < 1.29 is 4.42 Å². The SMILES string of the molecule is c1ccc(-c2cccc(N(c3ccc(-c4cc5ccccc5c5ccccc45)cc3)c3ccc4ccc5c(ccc6oc(-c7ccccc7)nc65)c4c3)c2)cc1. The number of hydrogen-bond acceptors (Lipinski definition) is 3. The third kappa shape index (κ3) is 5.40. The van der Waals surface area contributed by atoms with Crippen LogP contribution in [0.15, 0.2) is 211 Å². The molecule has 10 aromatic carbocycles. The molecule has 56 heavy (non-hydrogen) atoms. The van der Waals surface area contributed by atoms with Crippen LogP contribution < -0.4 is 4.90 Å². The first-order valence-electron chi connectivity index (χ1n) is 19.0. The molecule has 0 unspecified atom stereocenters. The van der Waals surface area contributed by atoms with E-state index in [0.717, 1.165) is 49.9 Å². The molecule has 0 atom stereocenters. The van der Waals surface area contributed by atoms with Gasteiger partial charge in [-0.15, -0.1) is 0 Å². The van der Waals surface area contributed by atoms with Gasteiger partial charge in [-0.2, -0.15) is 0 Å². The monoisotopic (exact) mass is 714 g/mol. The summed E-state index contributed by atoms with van der Waals surface area (Å²) < 4.78 is 6.27. The number of oxazole rings is 1. The minimum Gasteiger partial charge on any atom is -0.436 e. The summed E-state index contributed by atoms with van der Waals surface area (Å²) in [5.74, 6) is 0.631. The normalized spacial score (nSPS) is 11.6. The van der Waals surface area contributed by atoms with E-state index in [2.05, 4.69) is 181 Å². The molecule has 11 aromatic rings. The average molecular weight is 715 g/mol. The Labute approximate surface area is 324 Å². The lowest BCUT2D eigenvalue weighted by Crippen LogP contribution is -2.10. The maximum Gasteiger partial charge on any atom is 0.227 e. The number of rotatable bonds is 6. The lowest BCUT2D eigenvalue weighted by atomic mass is 9.93. The van der Waals surface area contributed by atoms with E-state index in [1.807, 2.05) is 30.3 Å². The average Bonchev–Trinajstić information content (AvgIpc) is 3.72. The molecule has 0 aliphatic rings. The van der Waals surface area contributed by atoms with Crippen molar-refractivity contribution in [1.82, 2.24) is 4.98 Å². The summed E-state index contributed by atoms with van der Waals surface area (Å²) in [6, 6.07) is 73.7. The predicted molar refractivity (Wildman–Crippen MR) is 235 cm³/mol. The molecule has 0 aliphatic carbocycles. The highest BCUT2D eigenvalue weighted by atomic mass is 16.3. The molecule has 3 heteroatoms. The van der Waals surface area contributed by atoms with E-state index in [9.17, 15) is 0 Å². The van der Waals surface area contributed by atoms with Crippen LogP contribution in [0.5, 0.6) is 0 Å². The first kappa shape index (κ1) is 32.0. The van der Waals surface area contributed by atoms with Gasteiger partial charge in [-0.1, -0.05) is 140 Å². The molecule has 0 saturated carbocycles. The lowest BCUT2D eigenvalue weighted by molar-refractivity contribution is 0.620. The van der Waals surface area contributed by atoms with Crippen molar-refractivity contribution in [2.24, 2.45) is 0 Å². The van der Waals surface area contributed by atoms with E-state index >= 15 is 0 Å². The standard InChI is InChI=1S/C53H34N2O/c1-3-12-35(13-4-1)39-17-11-18-42(32-39)55(41-26-22-36(23-27-41)49-33-40-16-7-8-19-44(40)45-20-9-10-21-46(45)49)43-28-24-37-25-29-48-47(50(37)34-43)30-31-51-52(48)54-53(56-51)38-14-5-2-6-15-38/h1-34H. The van der Waals surface area contributed by atoms with Crippen molar-refractivity contribution in [3.63, 3.8) is 0 Å². The van der Waals surface area contributed by atoms with Crippen LogP contribution in [0.2, 0.25) is 0 Å². The van der Waals surface area contributed by atoms with Gasteiger partial charge in [0, 0.05) is 28.0 Å². The zero-order chi connectivity index (χ0) is 37.0. The fraction of sp³-hybridized carbons (Fsp3) is 0. The van der Waals surface area contributed by atoms with Gasteiger partial charge in [0.25, 0.3) is 0 Å². The van der Waals surface area contributed by atoms with Gasteiger partial charge in [0.1, 0.15) is 5.52 Å². The van der Waals surface area contributed by atoms with Crippen LogP contribution in [-0.2, 0) is 0 Å². The summed E-state index contributed by atoms with van der Waals surface area (Å²) in [5, 5.41) is 9.59. The van der Waals surface area contributed by atoms with Gasteiger partial charge < -0.3 is 9.32 Å². The van der Waals surface area contributed by atoms with Crippen LogP contribution in [-0.4, -0.2) is 4.98 Å². The second kappa shape index (κ2) is 13.1. The molecule has 0 N–H and O–H groups in total. The molecule has 0 saturated heterocycles. The maximum atomic E-state index is 6.27. The van der Waals surface area contributed by atoms with Gasteiger partial charge in [0.05, 0.1) is 0 Å². The Morgan fingerprint density at radius 3 is 1.79 bits per heavy atom. The maximum absolute atomic E-state index is 6.27. The zero-order valence-electron chi connectivity index (χ0n) is 30.4. The minimum absolute atomic E-state index is 0.631. The summed E-state index contributed by atoms with van der Waals surface area (Å²) in [6.07, 6.45) is 0. The Balaban J connectivity index is 1.07. The first-order chi connectivity index (χ1) is 27.7. The molecular weight excluding hydrogens is 681 g/mol. The van der Waals surface area contributed by atoms with Gasteiger partial charge in [0.2, 0.25) is 5.89 Å². The second-order valence-corrected chi connectivity index (χ2v) is 14.4. The molecule has 0 amide bonds. The summed E-state index contributed by atoms with van der Waals surface area (Å²) in [4.78, 5) is 7.37. The highest BCUT2D eigenvalue weighted by Gasteiger charge is 2.18. The fourth-order valence-corrected chi connectivity index (χ4v) is 8.34. The second-order valence-electron chi connectivity index (χ2n) is 14.4. The van der Waals surface area contributed by atoms with E-state index in [1.54, 1.807) is 0 Å². The molecular formula is C53H34N2O. The summed E-state index contributed by atoms with van der Waals surface area (Å²) in [5.41, 5.74) is 10.6. The van der Waals surface area contributed by atoms with Gasteiger partial charge in [0.15, 0.2) is 5.58 Å². The molecule has 11 rings (SSSR count). The number of anilines is 3. The van der Waals surface area contributed by atoms with E-state index in [0.29, 0.717) is 5.89 Å². The first-order valence-corrected chi connectivity index (χ1v) is 19.0. The smallest absolute Gasteiger partial charge is 0.227 e. The van der Waals surface area contributed by atoms with Crippen molar-refractivity contribution in [2.75, 3.05) is 4.90 Å². The van der Waals surface area contributed by atoms with Crippen LogP contribution in [0.3, 0.4) is 0 Å². The summed E-state index contributed by atoms with van der Waals surface area (Å²) in [6.45, 7) is 0. The Kier molecular flexibility index (Phi) is 7.49. The van der Waals surface area contributed by atoms with E-state index in [1.165, 1.54) is 49.2 Å². The zero-order valence-corrected chi connectivity index (χ0v) is 30.4. The predicted octanol–water partition coefficient (Wildman–Crippen LogP) is 14.9. The van der Waals surface area contributed by atoms with Gasteiger partial charge in [-0.25, -0.2) is 4.98 Å². The highest BCUT2D eigenvalue weighted by Crippen LogP contribution is 2.42. The van der Waals surface area contributed by atoms with Crippen molar-refractivity contribution in [3.05, 3.63) is 206 Å². The molecule has 0 radical (unpaired) electrons. The van der Waals surface area contributed by atoms with Gasteiger partial charge >= 0.3 is 0 Å². The van der Waals surface area contributed by atoms with Gasteiger partial charge in [-0.05, 0) is 127 Å². The van der Waals surface area contributed by atoms with Crippen LogP contribution in [0.4, 0.5) is 17.1 Å². The van der Waals surface area contributed by atoms with E-state index in [-0.39, 0.29) is 0 Å². The summed E-state index contributed by atoms with van der Waals surface area (Å²) in [7, 11) is 0. The molecule has 0 bridgehead atoms. The number of hydrogen-bond donors (Lipinski definition) is 0. The number of aromatic nitrogens is 1. The van der Waals surface area contributed by atoms with Crippen LogP contribution >= 0.6 is 0 Å².